The first-order chi connectivity index (χ1) is 8.11. The van der Waals surface area contributed by atoms with E-state index in [1.165, 1.54) is 12.3 Å². The van der Waals surface area contributed by atoms with Crippen LogP contribution >= 0.6 is 0 Å². The molecule has 0 N–H and O–H groups in total. The summed E-state index contributed by atoms with van der Waals surface area (Å²) in [6.45, 7) is 1.13. The van der Waals surface area contributed by atoms with Gasteiger partial charge in [0.25, 0.3) is 0 Å². The molecule has 0 atom stereocenters. The molecule has 0 amide bonds. The summed E-state index contributed by atoms with van der Waals surface area (Å²) in [6.07, 6.45) is 1.51. The Morgan fingerprint density at radius 3 is 2.53 bits per heavy atom. The van der Waals surface area contributed by atoms with Crippen molar-refractivity contribution < 1.29 is 13.6 Å². The zero-order chi connectivity index (χ0) is 12.4. The molecule has 0 saturated carbocycles. The summed E-state index contributed by atoms with van der Waals surface area (Å²) in [5.74, 6) is -2.36. The lowest BCUT2D eigenvalue weighted by Gasteiger charge is -2.06. The van der Waals surface area contributed by atoms with Gasteiger partial charge in [-0.15, -0.1) is 0 Å². The van der Waals surface area contributed by atoms with Crippen LogP contribution in [0.5, 0.6) is 0 Å². The Balaban J connectivity index is 2.66. The number of nitrogens with zero attached hydrogens (tertiary/aromatic N) is 1. The van der Waals surface area contributed by atoms with E-state index in [1.807, 2.05) is 0 Å². The summed E-state index contributed by atoms with van der Waals surface area (Å²) in [4.78, 5) is 15.1. The van der Waals surface area contributed by atoms with E-state index in [0.29, 0.717) is 5.69 Å². The molecule has 1 aromatic heterocycles. The molecule has 86 valence electrons. The van der Waals surface area contributed by atoms with E-state index >= 15 is 0 Å². The Morgan fingerprint density at radius 2 is 1.94 bits per heavy atom. The van der Waals surface area contributed by atoms with E-state index in [0.717, 1.165) is 13.0 Å². The molecule has 2 rings (SSSR count). The highest BCUT2D eigenvalue weighted by Gasteiger charge is 2.18. The molecule has 0 spiro atoms. The first-order valence-electron chi connectivity index (χ1n) is 5.01. The van der Waals surface area contributed by atoms with Gasteiger partial charge >= 0.3 is 0 Å². The van der Waals surface area contributed by atoms with Gasteiger partial charge in [0.1, 0.15) is 11.6 Å². The van der Waals surface area contributed by atoms with E-state index in [1.54, 1.807) is 18.2 Å². The molecule has 0 aliphatic heterocycles. The summed E-state index contributed by atoms with van der Waals surface area (Å²) in [5.41, 5.74) is -0.0298. The first kappa shape index (κ1) is 11.4. The fourth-order valence-corrected chi connectivity index (χ4v) is 1.60. The highest BCUT2D eigenvalue weighted by molar-refractivity contribution is 5.95. The lowest BCUT2D eigenvalue weighted by atomic mass is 10.0. The number of hydrogen-bond acceptors (Lipinski definition) is 2. The normalized spacial score (nSPS) is 10.3. The van der Waals surface area contributed by atoms with E-state index in [9.17, 15) is 13.6 Å². The van der Waals surface area contributed by atoms with Crippen molar-refractivity contribution in [3.63, 3.8) is 0 Å². The lowest BCUT2D eigenvalue weighted by molar-refractivity contribution is 0.101. The van der Waals surface area contributed by atoms with Crippen LogP contribution in [0.25, 0.3) is 11.3 Å². The van der Waals surface area contributed by atoms with E-state index in [4.69, 9.17) is 0 Å². The molecule has 17 heavy (non-hydrogen) atoms. The number of Topliss-reactive ketones (excluding diaryl/α,β-unsaturated/α-hetero) is 1. The van der Waals surface area contributed by atoms with E-state index < -0.39 is 23.0 Å². The van der Waals surface area contributed by atoms with Crippen molar-refractivity contribution in [1.82, 2.24) is 4.98 Å². The van der Waals surface area contributed by atoms with Crippen molar-refractivity contribution in [3.8, 4) is 11.3 Å². The van der Waals surface area contributed by atoms with Crippen molar-refractivity contribution >= 4 is 5.78 Å². The monoisotopic (exact) mass is 233 g/mol. The molecular weight excluding hydrogens is 224 g/mol. The zero-order valence-corrected chi connectivity index (χ0v) is 9.08. The van der Waals surface area contributed by atoms with Crippen molar-refractivity contribution in [2.75, 3.05) is 0 Å². The predicted octanol–water partition coefficient (Wildman–Crippen LogP) is 3.23. The number of halogens is 2. The Labute approximate surface area is 96.9 Å². The highest BCUT2D eigenvalue weighted by Crippen LogP contribution is 2.25. The fraction of sp³-hybridized carbons (Fsp3) is 0.0769. The van der Waals surface area contributed by atoms with Gasteiger partial charge in [-0.05, 0) is 31.2 Å². The molecule has 1 heterocycles. The minimum absolute atomic E-state index is 0.122. The van der Waals surface area contributed by atoms with Gasteiger partial charge in [-0.3, -0.25) is 9.78 Å². The number of rotatable bonds is 2. The zero-order valence-electron chi connectivity index (χ0n) is 9.08. The Bertz CT molecular complexity index is 567. The highest BCUT2D eigenvalue weighted by atomic mass is 19.1. The van der Waals surface area contributed by atoms with Crippen LogP contribution < -0.4 is 0 Å². The Kier molecular flexibility index (Phi) is 2.95. The van der Waals surface area contributed by atoms with Gasteiger partial charge in [0.15, 0.2) is 5.78 Å². The molecular formula is C13H9F2NO. The summed E-state index contributed by atoms with van der Waals surface area (Å²) in [6, 6.07) is 7.33. The molecule has 1 aromatic carbocycles. The number of hydrogen-bond donors (Lipinski definition) is 0. The molecule has 2 aromatic rings. The Hall–Kier alpha value is -2.10. The quantitative estimate of drug-likeness (QED) is 0.745. The van der Waals surface area contributed by atoms with Crippen LogP contribution in [0.15, 0.2) is 36.5 Å². The Morgan fingerprint density at radius 1 is 1.18 bits per heavy atom. The molecule has 0 aliphatic rings. The smallest absolute Gasteiger partial charge is 0.165 e. The molecule has 0 saturated heterocycles. The van der Waals surface area contributed by atoms with Crippen molar-refractivity contribution in [1.29, 1.82) is 0 Å². The summed E-state index contributed by atoms with van der Waals surface area (Å²) in [7, 11) is 0. The largest absolute Gasteiger partial charge is 0.294 e. The van der Waals surface area contributed by atoms with Gasteiger partial charge in [-0.1, -0.05) is 6.07 Å². The number of pyridine rings is 1. The van der Waals surface area contributed by atoms with Crippen LogP contribution in [0.2, 0.25) is 0 Å². The molecule has 0 unspecified atom stereocenters. The minimum Gasteiger partial charge on any atom is -0.294 e. The molecule has 0 bridgehead atoms. The maximum atomic E-state index is 14.0. The van der Waals surface area contributed by atoms with Crippen molar-refractivity contribution in [2.24, 2.45) is 0 Å². The number of carbonyl (C=O) groups excluding carboxylic acids is 1. The van der Waals surface area contributed by atoms with Crippen LogP contribution in [-0.4, -0.2) is 10.8 Å². The third kappa shape index (κ3) is 2.06. The SMILES string of the molecule is CC(=O)c1c(F)ccc(-c2ccccn2)c1F. The first-order valence-corrected chi connectivity index (χ1v) is 5.01. The topological polar surface area (TPSA) is 30.0 Å². The average Bonchev–Trinajstić information content (AvgIpc) is 2.30. The van der Waals surface area contributed by atoms with Gasteiger partial charge < -0.3 is 0 Å². The van der Waals surface area contributed by atoms with E-state index in [-0.39, 0.29) is 5.56 Å². The minimum atomic E-state index is -0.865. The van der Waals surface area contributed by atoms with Crippen molar-refractivity contribution in [2.45, 2.75) is 6.92 Å². The van der Waals surface area contributed by atoms with Crippen LogP contribution in [0.1, 0.15) is 17.3 Å². The number of ketones is 1. The number of benzene rings is 1. The van der Waals surface area contributed by atoms with Gasteiger partial charge in [0, 0.05) is 11.8 Å². The van der Waals surface area contributed by atoms with Crippen LogP contribution in [0, 0.1) is 11.6 Å². The van der Waals surface area contributed by atoms with Gasteiger partial charge in [0.05, 0.1) is 11.3 Å². The lowest BCUT2D eigenvalue weighted by Crippen LogP contribution is -2.03. The second kappa shape index (κ2) is 4.41. The van der Waals surface area contributed by atoms with E-state index in [2.05, 4.69) is 4.98 Å². The van der Waals surface area contributed by atoms with Crippen LogP contribution in [0.3, 0.4) is 0 Å². The third-order valence-electron chi connectivity index (χ3n) is 2.38. The molecule has 0 aliphatic carbocycles. The van der Waals surface area contributed by atoms with Crippen molar-refractivity contribution in [3.05, 3.63) is 53.7 Å². The molecule has 0 fully saturated rings. The molecule has 2 nitrogen and oxygen atoms in total. The molecule has 0 radical (unpaired) electrons. The number of aromatic nitrogens is 1. The van der Waals surface area contributed by atoms with Gasteiger partial charge in [0.2, 0.25) is 0 Å². The predicted molar refractivity (Wildman–Crippen MR) is 59.6 cm³/mol. The fourth-order valence-electron chi connectivity index (χ4n) is 1.60. The number of carbonyl (C=O) groups is 1. The summed E-state index contributed by atoms with van der Waals surface area (Å²) < 4.78 is 27.3. The van der Waals surface area contributed by atoms with Crippen LogP contribution in [0.4, 0.5) is 8.78 Å². The maximum absolute atomic E-state index is 14.0. The summed E-state index contributed by atoms with van der Waals surface area (Å²) >= 11 is 0. The third-order valence-corrected chi connectivity index (χ3v) is 2.38. The molecule has 4 heteroatoms. The summed E-state index contributed by atoms with van der Waals surface area (Å²) in [5, 5.41) is 0. The van der Waals surface area contributed by atoms with Gasteiger partial charge in [-0.2, -0.15) is 0 Å². The average molecular weight is 233 g/mol. The van der Waals surface area contributed by atoms with Gasteiger partial charge in [-0.25, -0.2) is 8.78 Å². The second-order valence-electron chi connectivity index (χ2n) is 3.56. The van der Waals surface area contributed by atoms with Crippen LogP contribution in [-0.2, 0) is 0 Å². The maximum Gasteiger partial charge on any atom is 0.165 e. The second-order valence-corrected chi connectivity index (χ2v) is 3.56. The standard InChI is InChI=1S/C13H9F2NO/c1-8(17)12-10(14)6-5-9(13(12)15)11-4-2-3-7-16-11/h2-7H,1H3.